The van der Waals surface area contributed by atoms with Gasteiger partial charge in [-0.1, -0.05) is 0 Å². The van der Waals surface area contributed by atoms with E-state index < -0.39 is 0 Å². The summed E-state index contributed by atoms with van der Waals surface area (Å²) in [6.45, 7) is 6.02. The van der Waals surface area contributed by atoms with Crippen molar-refractivity contribution in [3.63, 3.8) is 0 Å². The van der Waals surface area contributed by atoms with Gasteiger partial charge in [0, 0.05) is 32.4 Å². The predicted molar refractivity (Wildman–Crippen MR) is 59.1 cm³/mol. The van der Waals surface area contributed by atoms with Gasteiger partial charge >= 0.3 is 0 Å². The van der Waals surface area contributed by atoms with E-state index >= 15 is 0 Å². The number of hydrogen-bond acceptors (Lipinski definition) is 4. The van der Waals surface area contributed by atoms with Gasteiger partial charge in [-0.3, -0.25) is 0 Å². The van der Waals surface area contributed by atoms with Crippen LogP contribution in [0.15, 0.2) is 0 Å². The van der Waals surface area contributed by atoms with Gasteiger partial charge in [-0.15, -0.1) is 0 Å². The zero-order chi connectivity index (χ0) is 10.9. The fourth-order valence-corrected chi connectivity index (χ4v) is 1.72. The molecule has 1 aliphatic rings. The van der Waals surface area contributed by atoms with Crippen molar-refractivity contribution >= 4 is 0 Å². The van der Waals surface area contributed by atoms with Gasteiger partial charge in [0.15, 0.2) is 0 Å². The maximum absolute atomic E-state index is 5.46. The van der Waals surface area contributed by atoms with Crippen LogP contribution in [0, 0.1) is 0 Å². The van der Waals surface area contributed by atoms with Gasteiger partial charge in [-0.2, -0.15) is 0 Å². The molecule has 0 amide bonds. The molecule has 4 heteroatoms. The molecule has 4 nitrogen and oxygen atoms in total. The number of ether oxygens (including phenoxy) is 3. The largest absolute Gasteiger partial charge is 0.382 e. The van der Waals surface area contributed by atoms with Crippen LogP contribution in [0.1, 0.15) is 19.8 Å². The Kier molecular flexibility index (Phi) is 6.92. The molecule has 0 aromatic carbocycles. The minimum absolute atomic E-state index is 0.407. The lowest BCUT2D eigenvalue weighted by atomic mass is 10.1. The molecule has 90 valence electrons. The standard InChI is InChI=1S/C11H23NO3/c1-10(9-15-8-7-13-2)12-11-3-5-14-6-4-11/h10-12H,3-9H2,1-2H3. The fraction of sp³-hybridized carbons (Fsp3) is 1.00. The van der Waals surface area contributed by atoms with E-state index in [2.05, 4.69) is 12.2 Å². The lowest BCUT2D eigenvalue weighted by Crippen LogP contribution is -2.42. The van der Waals surface area contributed by atoms with E-state index in [1.165, 1.54) is 0 Å². The normalized spacial score (nSPS) is 20.4. The van der Waals surface area contributed by atoms with Gasteiger partial charge in [-0.25, -0.2) is 0 Å². The summed E-state index contributed by atoms with van der Waals surface area (Å²) in [5.41, 5.74) is 0. The second kappa shape index (κ2) is 8.05. The Morgan fingerprint density at radius 2 is 2.07 bits per heavy atom. The number of rotatable bonds is 7. The lowest BCUT2D eigenvalue weighted by molar-refractivity contribution is 0.0478. The Hall–Kier alpha value is -0.160. The van der Waals surface area contributed by atoms with E-state index in [1.54, 1.807) is 7.11 Å². The molecule has 1 fully saturated rings. The van der Waals surface area contributed by atoms with E-state index in [9.17, 15) is 0 Å². The molecule has 0 aromatic rings. The summed E-state index contributed by atoms with van der Waals surface area (Å²) in [4.78, 5) is 0. The molecule has 1 N–H and O–H groups in total. The van der Waals surface area contributed by atoms with Crippen molar-refractivity contribution in [3.8, 4) is 0 Å². The van der Waals surface area contributed by atoms with Crippen LogP contribution in [0.3, 0.4) is 0 Å². The lowest BCUT2D eigenvalue weighted by Gasteiger charge is -2.26. The minimum Gasteiger partial charge on any atom is -0.382 e. The molecular weight excluding hydrogens is 194 g/mol. The van der Waals surface area contributed by atoms with E-state index in [4.69, 9.17) is 14.2 Å². The predicted octanol–water partition coefficient (Wildman–Crippen LogP) is 0.806. The Bertz CT molecular complexity index is 149. The van der Waals surface area contributed by atoms with Crippen molar-refractivity contribution in [2.24, 2.45) is 0 Å². The summed E-state index contributed by atoms with van der Waals surface area (Å²) >= 11 is 0. The highest BCUT2D eigenvalue weighted by atomic mass is 16.5. The molecular formula is C11H23NO3. The van der Waals surface area contributed by atoms with Crippen LogP contribution in [-0.2, 0) is 14.2 Å². The molecule has 0 spiro atoms. The van der Waals surface area contributed by atoms with Crippen molar-refractivity contribution in [1.29, 1.82) is 0 Å². The first-order valence-corrected chi connectivity index (χ1v) is 5.73. The van der Waals surface area contributed by atoms with Crippen molar-refractivity contribution in [3.05, 3.63) is 0 Å². The second-order valence-corrected chi connectivity index (χ2v) is 4.02. The second-order valence-electron chi connectivity index (χ2n) is 4.02. The molecule has 0 radical (unpaired) electrons. The van der Waals surface area contributed by atoms with Gasteiger partial charge in [0.1, 0.15) is 0 Å². The molecule has 0 aliphatic carbocycles. The van der Waals surface area contributed by atoms with Gasteiger partial charge in [0.25, 0.3) is 0 Å². The van der Waals surface area contributed by atoms with Gasteiger partial charge < -0.3 is 19.5 Å². The molecule has 1 heterocycles. The van der Waals surface area contributed by atoms with E-state index in [0.29, 0.717) is 25.3 Å². The highest BCUT2D eigenvalue weighted by molar-refractivity contribution is 4.73. The number of hydrogen-bond donors (Lipinski definition) is 1. The van der Waals surface area contributed by atoms with Crippen LogP contribution in [0.25, 0.3) is 0 Å². The van der Waals surface area contributed by atoms with E-state index in [-0.39, 0.29) is 0 Å². The van der Waals surface area contributed by atoms with Crippen LogP contribution in [0.2, 0.25) is 0 Å². The first-order valence-electron chi connectivity index (χ1n) is 5.73. The summed E-state index contributed by atoms with van der Waals surface area (Å²) in [5, 5.41) is 3.55. The van der Waals surface area contributed by atoms with Gasteiger partial charge in [0.2, 0.25) is 0 Å². The first kappa shape index (κ1) is 12.9. The SMILES string of the molecule is COCCOCC(C)NC1CCOCC1. The van der Waals surface area contributed by atoms with Crippen molar-refractivity contribution in [2.75, 3.05) is 40.1 Å². The number of methoxy groups -OCH3 is 1. The monoisotopic (exact) mass is 217 g/mol. The number of nitrogens with one attached hydrogen (secondary N) is 1. The third-order valence-corrected chi connectivity index (χ3v) is 2.54. The average Bonchev–Trinajstić information content (AvgIpc) is 2.26. The van der Waals surface area contributed by atoms with Crippen molar-refractivity contribution in [1.82, 2.24) is 5.32 Å². The molecule has 0 bridgehead atoms. The molecule has 1 aliphatic heterocycles. The van der Waals surface area contributed by atoms with Gasteiger partial charge in [-0.05, 0) is 19.8 Å². The molecule has 0 aromatic heterocycles. The highest BCUT2D eigenvalue weighted by Gasteiger charge is 2.15. The molecule has 15 heavy (non-hydrogen) atoms. The van der Waals surface area contributed by atoms with Crippen LogP contribution in [0.5, 0.6) is 0 Å². The first-order chi connectivity index (χ1) is 7.33. The van der Waals surface area contributed by atoms with Crippen LogP contribution >= 0.6 is 0 Å². The van der Waals surface area contributed by atoms with Crippen molar-refractivity contribution < 1.29 is 14.2 Å². The highest BCUT2D eigenvalue weighted by Crippen LogP contribution is 2.06. The Morgan fingerprint density at radius 1 is 1.33 bits per heavy atom. The van der Waals surface area contributed by atoms with E-state index in [0.717, 1.165) is 32.7 Å². The summed E-state index contributed by atoms with van der Waals surface area (Å²) in [7, 11) is 1.69. The summed E-state index contributed by atoms with van der Waals surface area (Å²) in [5.74, 6) is 0. The Labute approximate surface area is 92.3 Å². The molecule has 1 unspecified atom stereocenters. The van der Waals surface area contributed by atoms with Crippen LogP contribution in [0.4, 0.5) is 0 Å². The maximum Gasteiger partial charge on any atom is 0.0701 e. The maximum atomic E-state index is 5.46. The fourth-order valence-electron chi connectivity index (χ4n) is 1.72. The van der Waals surface area contributed by atoms with Crippen LogP contribution in [-0.4, -0.2) is 52.2 Å². The summed E-state index contributed by atoms with van der Waals surface area (Å²) < 4.78 is 15.7. The summed E-state index contributed by atoms with van der Waals surface area (Å²) in [6.07, 6.45) is 2.23. The summed E-state index contributed by atoms with van der Waals surface area (Å²) in [6, 6.07) is 1.00. The molecule has 1 atom stereocenters. The minimum atomic E-state index is 0.407. The zero-order valence-electron chi connectivity index (χ0n) is 9.83. The van der Waals surface area contributed by atoms with Crippen molar-refractivity contribution in [2.45, 2.75) is 31.8 Å². The van der Waals surface area contributed by atoms with Crippen LogP contribution < -0.4 is 5.32 Å². The topological polar surface area (TPSA) is 39.7 Å². The Morgan fingerprint density at radius 3 is 2.73 bits per heavy atom. The molecule has 0 saturated carbocycles. The quantitative estimate of drug-likeness (QED) is 0.641. The van der Waals surface area contributed by atoms with Gasteiger partial charge in [0.05, 0.1) is 19.8 Å². The molecule has 1 rings (SSSR count). The average molecular weight is 217 g/mol. The third-order valence-electron chi connectivity index (χ3n) is 2.54. The molecule has 1 saturated heterocycles. The smallest absolute Gasteiger partial charge is 0.0701 e. The zero-order valence-corrected chi connectivity index (χ0v) is 9.83. The van der Waals surface area contributed by atoms with E-state index in [1.807, 2.05) is 0 Å². The Balaban J connectivity index is 1.98. The third kappa shape index (κ3) is 6.10.